The van der Waals surface area contributed by atoms with Crippen LogP contribution in [0.1, 0.15) is 38.5 Å². The lowest BCUT2D eigenvalue weighted by atomic mass is 10.0. The van der Waals surface area contributed by atoms with E-state index in [9.17, 15) is 0 Å². The van der Waals surface area contributed by atoms with Gasteiger partial charge in [0.2, 0.25) is 0 Å². The number of nitrogens with zero attached hydrogens (tertiary/aromatic N) is 2. The molecule has 0 spiro atoms. The highest BCUT2D eigenvalue weighted by atomic mass is 15.2. The molecule has 16 heavy (non-hydrogen) atoms. The Kier molecular flexibility index (Phi) is 4.62. The molecule has 0 bridgehead atoms. The Labute approximate surface area is 100.0 Å². The van der Waals surface area contributed by atoms with Gasteiger partial charge in [0.1, 0.15) is 0 Å². The maximum atomic E-state index is 6.34. The molecule has 0 aromatic rings. The van der Waals surface area contributed by atoms with Crippen molar-refractivity contribution in [2.75, 3.05) is 33.2 Å². The van der Waals surface area contributed by atoms with Crippen LogP contribution in [0.25, 0.3) is 0 Å². The highest BCUT2D eigenvalue weighted by Crippen LogP contribution is 2.22. The Morgan fingerprint density at radius 1 is 0.875 bits per heavy atom. The van der Waals surface area contributed by atoms with Crippen LogP contribution in [0.4, 0.5) is 0 Å². The molecule has 2 atom stereocenters. The first-order valence-electron chi connectivity index (χ1n) is 6.95. The van der Waals surface area contributed by atoms with Gasteiger partial charge in [-0.1, -0.05) is 19.3 Å². The molecule has 0 aromatic carbocycles. The molecule has 1 aliphatic carbocycles. The summed E-state index contributed by atoms with van der Waals surface area (Å²) in [6.07, 6.45) is 7.97. The van der Waals surface area contributed by atoms with Gasteiger partial charge in [-0.05, 0) is 39.4 Å². The predicted octanol–water partition coefficient (Wildman–Crippen LogP) is 1.28. The fourth-order valence-corrected chi connectivity index (χ4v) is 3.17. The maximum absolute atomic E-state index is 6.34. The van der Waals surface area contributed by atoms with Crippen molar-refractivity contribution in [2.24, 2.45) is 5.73 Å². The molecule has 1 aliphatic heterocycles. The normalized spacial score (nSPS) is 35.6. The highest BCUT2D eigenvalue weighted by molar-refractivity contribution is 4.86. The van der Waals surface area contributed by atoms with Gasteiger partial charge in [0.05, 0.1) is 0 Å². The number of hydrogen-bond donors (Lipinski definition) is 1. The van der Waals surface area contributed by atoms with Gasteiger partial charge in [0.15, 0.2) is 0 Å². The summed E-state index contributed by atoms with van der Waals surface area (Å²) in [5.41, 5.74) is 6.34. The van der Waals surface area contributed by atoms with Crippen LogP contribution in [0, 0.1) is 0 Å². The quantitative estimate of drug-likeness (QED) is 0.682. The fraction of sp³-hybridized carbons (Fsp3) is 1.00. The van der Waals surface area contributed by atoms with E-state index in [4.69, 9.17) is 5.73 Å². The maximum Gasteiger partial charge on any atom is 0.0247 e. The highest BCUT2D eigenvalue weighted by Gasteiger charge is 2.27. The smallest absolute Gasteiger partial charge is 0.0247 e. The van der Waals surface area contributed by atoms with Crippen molar-refractivity contribution < 1.29 is 0 Å². The average Bonchev–Trinajstić information content (AvgIpc) is 2.59. The summed E-state index contributed by atoms with van der Waals surface area (Å²) in [4.78, 5) is 5.11. The van der Waals surface area contributed by atoms with Gasteiger partial charge in [-0.15, -0.1) is 0 Å². The first kappa shape index (κ1) is 12.3. The molecule has 2 rings (SSSR count). The van der Waals surface area contributed by atoms with E-state index >= 15 is 0 Å². The first-order valence-corrected chi connectivity index (χ1v) is 6.95. The summed E-state index contributed by atoms with van der Waals surface area (Å²) in [5.74, 6) is 0. The fourth-order valence-electron chi connectivity index (χ4n) is 3.17. The zero-order valence-electron chi connectivity index (χ0n) is 10.7. The predicted molar refractivity (Wildman–Crippen MR) is 68.5 cm³/mol. The second-order valence-corrected chi connectivity index (χ2v) is 5.56. The number of nitrogens with two attached hydrogens (primary N) is 1. The van der Waals surface area contributed by atoms with Gasteiger partial charge in [-0.2, -0.15) is 0 Å². The van der Waals surface area contributed by atoms with Crippen LogP contribution >= 0.6 is 0 Å². The Bertz CT molecular complexity index is 207. The van der Waals surface area contributed by atoms with E-state index in [0.717, 1.165) is 0 Å². The van der Waals surface area contributed by atoms with Crippen LogP contribution in [-0.2, 0) is 0 Å². The second kappa shape index (κ2) is 5.99. The number of likely N-dealkylation sites (N-methyl/N-ethyl adjacent to an activating group) is 1. The Balaban J connectivity index is 1.93. The lowest BCUT2D eigenvalue weighted by Crippen LogP contribution is -2.48. The van der Waals surface area contributed by atoms with Crippen LogP contribution in [0.3, 0.4) is 0 Å². The number of rotatable bonds is 1. The summed E-state index contributed by atoms with van der Waals surface area (Å²) >= 11 is 0. The lowest BCUT2D eigenvalue weighted by Gasteiger charge is -2.33. The van der Waals surface area contributed by atoms with Crippen LogP contribution < -0.4 is 5.73 Å². The number of hydrogen-bond acceptors (Lipinski definition) is 3. The monoisotopic (exact) mass is 225 g/mol. The summed E-state index contributed by atoms with van der Waals surface area (Å²) in [7, 11) is 2.23. The Hall–Kier alpha value is -0.120. The van der Waals surface area contributed by atoms with Crippen molar-refractivity contribution in [1.82, 2.24) is 9.80 Å². The van der Waals surface area contributed by atoms with E-state index in [2.05, 4.69) is 16.8 Å². The first-order chi connectivity index (χ1) is 7.77. The van der Waals surface area contributed by atoms with Crippen LogP contribution in [0.2, 0.25) is 0 Å². The van der Waals surface area contributed by atoms with E-state index in [1.807, 2.05) is 0 Å². The average molecular weight is 225 g/mol. The van der Waals surface area contributed by atoms with Crippen molar-refractivity contribution in [1.29, 1.82) is 0 Å². The third-order valence-corrected chi connectivity index (χ3v) is 4.25. The molecule has 2 aliphatic rings. The molecule has 1 heterocycles. The van der Waals surface area contributed by atoms with E-state index in [1.165, 1.54) is 64.7 Å². The Morgan fingerprint density at radius 3 is 2.56 bits per heavy atom. The minimum absolute atomic E-state index is 0.422. The third kappa shape index (κ3) is 3.19. The van der Waals surface area contributed by atoms with E-state index in [0.29, 0.717) is 12.1 Å². The minimum atomic E-state index is 0.422. The molecular formula is C13H27N3. The van der Waals surface area contributed by atoms with Gasteiger partial charge in [0, 0.05) is 25.2 Å². The molecule has 2 unspecified atom stereocenters. The molecular weight excluding hydrogens is 198 g/mol. The largest absolute Gasteiger partial charge is 0.326 e. The van der Waals surface area contributed by atoms with Crippen molar-refractivity contribution >= 4 is 0 Å². The molecule has 1 saturated carbocycles. The standard InChI is InChI=1S/C13H27N3/c1-15-8-5-9-16(11-10-15)13-7-4-2-3-6-12(13)14/h12-13H,2-11,14H2,1H3. The van der Waals surface area contributed by atoms with Gasteiger partial charge in [-0.3, -0.25) is 4.90 Å². The molecule has 1 saturated heterocycles. The van der Waals surface area contributed by atoms with E-state index < -0.39 is 0 Å². The van der Waals surface area contributed by atoms with Crippen molar-refractivity contribution in [3.05, 3.63) is 0 Å². The van der Waals surface area contributed by atoms with Crippen molar-refractivity contribution in [3.8, 4) is 0 Å². The lowest BCUT2D eigenvalue weighted by molar-refractivity contribution is 0.168. The molecule has 94 valence electrons. The second-order valence-electron chi connectivity index (χ2n) is 5.56. The summed E-state index contributed by atoms with van der Waals surface area (Å²) in [6, 6.07) is 1.08. The molecule has 0 radical (unpaired) electrons. The topological polar surface area (TPSA) is 32.5 Å². The Morgan fingerprint density at radius 2 is 1.69 bits per heavy atom. The van der Waals surface area contributed by atoms with Gasteiger partial charge in [0.25, 0.3) is 0 Å². The van der Waals surface area contributed by atoms with Gasteiger partial charge in [-0.25, -0.2) is 0 Å². The molecule has 2 fully saturated rings. The summed E-state index contributed by atoms with van der Waals surface area (Å²) in [5, 5.41) is 0. The zero-order chi connectivity index (χ0) is 11.4. The molecule has 2 N–H and O–H groups in total. The van der Waals surface area contributed by atoms with E-state index in [1.54, 1.807) is 0 Å². The van der Waals surface area contributed by atoms with Crippen LogP contribution in [0.5, 0.6) is 0 Å². The molecule has 0 amide bonds. The van der Waals surface area contributed by atoms with Crippen molar-refractivity contribution in [3.63, 3.8) is 0 Å². The minimum Gasteiger partial charge on any atom is -0.326 e. The molecule has 3 heteroatoms. The van der Waals surface area contributed by atoms with Crippen LogP contribution in [-0.4, -0.2) is 55.1 Å². The van der Waals surface area contributed by atoms with Crippen LogP contribution in [0.15, 0.2) is 0 Å². The van der Waals surface area contributed by atoms with Gasteiger partial charge < -0.3 is 10.6 Å². The molecule has 0 aromatic heterocycles. The summed E-state index contributed by atoms with van der Waals surface area (Å²) in [6.45, 7) is 4.93. The SMILES string of the molecule is CN1CCCN(C2CCCCCC2N)CC1. The third-order valence-electron chi connectivity index (χ3n) is 4.25. The van der Waals surface area contributed by atoms with Crippen molar-refractivity contribution in [2.45, 2.75) is 50.6 Å². The van der Waals surface area contributed by atoms with E-state index in [-0.39, 0.29) is 0 Å². The van der Waals surface area contributed by atoms with Gasteiger partial charge >= 0.3 is 0 Å². The molecule has 3 nitrogen and oxygen atoms in total. The summed E-state index contributed by atoms with van der Waals surface area (Å²) < 4.78 is 0. The zero-order valence-corrected chi connectivity index (χ0v) is 10.7.